The second-order valence-electron chi connectivity index (χ2n) is 9.18. The van der Waals surface area contributed by atoms with Gasteiger partial charge in [-0.15, -0.1) is 0 Å². The first-order valence-corrected chi connectivity index (χ1v) is 12.3. The largest absolute Gasteiger partial charge is 0.494 e. The molecule has 2 aromatic rings. The zero-order chi connectivity index (χ0) is 24.9. The molecule has 1 aliphatic carbocycles. The number of ether oxygens (including phenoxy) is 3. The summed E-state index contributed by atoms with van der Waals surface area (Å²) in [7, 11) is -2.91. The number of anilines is 3. The molecule has 2 fully saturated rings. The standard InChI is InChI=1S/C23H27F3N2O5S/c1-13-5-6-17(15(24)9-13)27-21-19(26)16(25)10-18(31-4)20(21)28-34(29,30)23(7-8-23)11-14-12-32-22(2,3)33-14/h5-6,9-10,14,27-28H,7-8,11-12H2,1-4H3. The number of rotatable bonds is 8. The molecule has 1 saturated carbocycles. The van der Waals surface area contributed by atoms with Crippen molar-refractivity contribution in [1.29, 1.82) is 0 Å². The number of hydrogen-bond donors (Lipinski definition) is 2. The van der Waals surface area contributed by atoms with E-state index in [9.17, 15) is 21.6 Å². The monoisotopic (exact) mass is 500 g/mol. The molecule has 1 saturated heterocycles. The number of halogens is 3. The van der Waals surface area contributed by atoms with E-state index in [4.69, 9.17) is 14.2 Å². The van der Waals surface area contributed by atoms with Crippen molar-refractivity contribution in [3.05, 3.63) is 47.3 Å². The summed E-state index contributed by atoms with van der Waals surface area (Å²) in [5.41, 5.74) is -0.465. The average Bonchev–Trinajstić information content (AvgIpc) is 3.46. The molecule has 0 spiro atoms. The van der Waals surface area contributed by atoms with Crippen LogP contribution in [0.15, 0.2) is 24.3 Å². The van der Waals surface area contributed by atoms with Crippen LogP contribution in [-0.4, -0.2) is 38.8 Å². The van der Waals surface area contributed by atoms with Gasteiger partial charge in [-0.3, -0.25) is 4.72 Å². The molecule has 0 amide bonds. The highest BCUT2D eigenvalue weighted by atomic mass is 32.2. The molecule has 186 valence electrons. The third kappa shape index (κ3) is 4.69. The third-order valence-corrected chi connectivity index (χ3v) is 8.26. The molecule has 7 nitrogen and oxygen atoms in total. The lowest BCUT2D eigenvalue weighted by Gasteiger charge is -2.24. The van der Waals surface area contributed by atoms with Crippen molar-refractivity contribution >= 4 is 27.1 Å². The fourth-order valence-electron chi connectivity index (χ4n) is 4.08. The van der Waals surface area contributed by atoms with Gasteiger partial charge in [0.25, 0.3) is 0 Å². The van der Waals surface area contributed by atoms with Crippen LogP contribution in [0.25, 0.3) is 0 Å². The normalized spacial score (nSPS) is 20.7. The molecule has 2 aromatic carbocycles. The maximum Gasteiger partial charge on any atom is 0.238 e. The molecular weight excluding hydrogens is 473 g/mol. The predicted octanol–water partition coefficient (Wildman–Crippen LogP) is 4.98. The Hall–Kier alpha value is -2.50. The molecule has 1 heterocycles. The minimum absolute atomic E-state index is 0.155. The molecule has 1 atom stereocenters. The Bertz CT molecular complexity index is 1220. The molecule has 4 rings (SSSR count). The lowest BCUT2D eigenvalue weighted by atomic mass is 10.2. The van der Waals surface area contributed by atoms with Gasteiger partial charge in [0.15, 0.2) is 17.4 Å². The van der Waals surface area contributed by atoms with Gasteiger partial charge in [-0.2, -0.15) is 0 Å². The number of nitrogens with one attached hydrogen (secondary N) is 2. The summed E-state index contributed by atoms with van der Waals surface area (Å²) in [6, 6.07) is 4.88. The summed E-state index contributed by atoms with van der Waals surface area (Å²) in [6.45, 7) is 5.41. The van der Waals surface area contributed by atoms with Crippen LogP contribution in [-0.2, 0) is 19.5 Å². The second-order valence-corrected chi connectivity index (χ2v) is 11.3. The van der Waals surface area contributed by atoms with Crippen LogP contribution in [0.4, 0.5) is 30.2 Å². The van der Waals surface area contributed by atoms with E-state index in [0.717, 1.165) is 6.07 Å². The van der Waals surface area contributed by atoms with Gasteiger partial charge >= 0.3 is 0 Å². The third-order valence-electron chi connectivity index (χ3n) is 6.07. The van der Waals surface area contributed by atoms with E-state index in [1.54, 1.807) is 26.8 Å². The van der Waals surface area contributed by atoms with Crippen molar-refractivity contribution in [3.63, 3.8) is 0 Å². The molecule has 11 heteroatoms. The lowest BCUT2D eigenvalue weighted by molar-refractivity contribution is -0.139. The summed E-state index contributed by atoms with van der Waals surface area (Å²) in [5.74, 6) is -4.44. The maximum atomic E-state index is 14.9. The highest BCUT2D eigenvalue weighted by Gasteiger charge is 2.57. The number of benzene rings is 2. The summed E-state index contributed by atoms with van der Waals surface area (Å²) >= 11 is 0. The lowest BCUT2D eigenvalue weighted by Crippen LogP contribution is -2.35. The van der Waals surface area contributed by atoms with Crippen molar-refractivity contribution in [1.82, 2.24) is 0 Å². The molecule has 34 heavy (non-hydrogen) atoms. The molecule has 0 aromatic heterocycles. The van der Waals surface area contributed by atoms with Gasteiger partial charge in [0.1, 0.15) is 22.9 Å². The zero-order valence-electron chi connectivity index (χ0n) is 19.3. The van der Waals surface area contributed by atoms with Crippen molar-refractivity contribution in [2.24, 2.45) is 0 Å². The number of methoxy groups -OCH3 is 1. The minimum atomic E-state index is -4.11. The van der Waals surface area contributed by atoms with Crippen molar-refractivity contribution in [2.45, 2.75) is 56.7 Å². The first kappa shape index (κ1) is 24.6. The number of hydrogen-bond acceptors (Lipinski definition) is 6. The molecule has 1 aliphatic heterocycles. The van der Waals surface area contributed by atoms with Gasteiger partial charge in [-0.05, 0) is 57.7 Å². The fraction of sp³-hybridized carbons (Fsp3) is 0.478. The molecule has 2 N–H and O–H groups in total. The highest BCUT2D eigenvalue weighted by molar-refractivity contribution is 7.94. The van der Waals surface area contributed by atoms with Gasteiger partial charge in [0.05, 0.1) is 30.3 Å². The Kier molecular flexibility index (Phi) is 6.24. The first-order chi connectivity index (χ1) is 15.9. The van der Waals surface area contributed by atoms with E-state index in [-0.39, 0.29) is 30.2 Å². The minimum Gasteiger partial charge on any atom is -0.494 e. The van der Waals surface area contributed by atoms with Crippen LogP contribution in [0.2, 0.25) is 0 Å². The van der Waals surface area contributed by atoms with Gasteiger partial charge in [-0.1, -0.05) is 6.07 Å². The van der Waals surface area contributed by atoms with E-state index >= 15 is 0 Å². The van der Waals surface area contributed by atoms with Crippen molar-refractivity contribution in [3.8, 4) is 5.75 Å². The maximum absolute atomic E-state index is 14.9. The molecule has 0 radical (unpaired) electrons. The van der Waals surface area contributed by atoms with Gasteiger partial charge in [-0.25, -0.2) is 21.6 Å². The molecule has 2 aliphatic rings. The number of sulfonamides is 1. The van der Waals surface area contributed by atoms with Crippen LogP contribution >= 0.6 is 0 Å². The Morgan fingerprint density at radius 1 is 1.12 bits per heavy atom. The van der Waals surface area contributed by atoms with E-state index < -0.39 is 49.8 Å². The quantitative estimate of drug-likeness (QED) is 0.532. The SMILES string of the molecule is COc1cc(F)c(F)c(Nc2ccc(C)cc2F)c1NS(=O)(=O)C1(CC2COC(C)(C)O2)CC1. The first-order valence-electron chi connectivity index (χ1n) is 10.8. The van der Waals surface area contributed by atoms with E-state index in [2.05, 4.69) is 10.0 Å². The van der Waals surface area contributed by atoms with Crippen LogP contribution in [0, 0.1) is 24.4 Å². The van der Waals surface area contributed by atoms with Crippen LogP contribution in [0.1, 0.15) is 38.7 Å². The number of aryl methyl sites for hydroxylation is 1. The molecular formula is C23H27F3N2O5S. The van der Waals surface area contributed by atoms with Crippen molar-refractivity contribution < 1.29 is 35.8 Å². The Labute approximate surface area is 196 Å². The second kappa shape index (κ2) is 8.62. The molecule has 0 bridgehead atoms. The summed E-state index contributed by atoms with van der Waals surface area (Å²) in [4.78, 5) is 0. The fourth-order valence-corrected chi connectivity index (χ4v) is 5.81. The van der Waals surface area contributed by atoms with Crippen molar-refractivity contribution in [2.75, 3.05) is 23.8 Å². The summed E-state index contributed by atoms with van der Waals surface area (Å²) in [6.07, 6.45) is 0.473. The average molecular weight is 501 g/mol. The van der Waals surface area contributed by atoms with Gasteiger partial charge in [0.2, 0.25) is 10.0 Å². The Balaban J connectivity index is 1.68. The van der Waals surface area contributed by atoms with E-state index in [0.29, 0.717) is 18.4 Å². The topological polar surface area (TPSA) is 85.9 Å². The zero-order valence-corrected chi connectivity index (χ0v) is 20.1. The van der Waals surface area contributed by atoms with E-state index in [1.807, 2.05) is 0 Å². The Morgan fingerprint density at radius 3 is 2.38 bits per heavy atom. The Morgan fingerprint density at radius 2 is 1.82 bits per heavy atom. The summed E-state index contributed by atoms with van der Waals surface area (Å²) in [5, 5.41) is 2.49. The highest BCUT2D eigenvalue weighted by Crippen LogP contribution is 2.51. The van der Waals surface area contributed by atoms with Crippen LogP contribution in [0.5, 0.6) is 5.75 Å². The van der Waals surface area contributed by atoms with Crippen LogP contribution in [0.3, 0.4) is 0 Å². The molecule has 1 unspecified atom stereocenters. The van der Waals surface area contributed by atoms with Gasteiger partial charge in [0, 0.05) is 6.07 Å². The van der Waals surface area contributed by atoms with Crippen LogP contribution < -0.4 is 14.8 Å². The summed E-state index contributed by atoms with van der Waals surface area (Å²) < 4.78 is 88.2. The predicted molar refractivity (Wildman–Crippen MR) is 121 cm³/mol. The smallest absolute Gasteiger partial charge is 0.238 e. The van der Waals surface area contributed by atoms with Gasteiger partial charge < -0.3 is 19.5 Å². The van der Waals surface area contributed by atoms with E-state index in [1.165, 1.54) is 19.2 Å².